The molecular formula is C18H19N. The van der Waals surface area contributed by atoms with Crippen molar-refractivity contribution in [3.63, 3.8) is 0 Å². The first-order valence-corrected chi connectivity index (χ1v) is 6.72. The Balaban J connectivity index is 2.10. The normalized spacial score (nSPS) is 11.9. The second-order valence-corrected chi connectivity index (χ2v) is 6.11. The summed E-state index contributed by atoms with van der Waals surface area (Å²) in [6, 6.07) is 17.5. The molecule has 3 rings (SSSR count). The molecule has 0 fully saturated rings. The minimum Gasteiger partial charge on any atom is -0.361 e. The number of rotatable bonds is 1. The van der Waals surface area contributed by atoms with Gasteiger partial charge in [0.2, 0.25) is 0 Å². The van der Waals surface area contributed by atoms with E-state index in [-0.39, 0.29) is 5.41 Å². The molecule has 0 saturated carbocycles. The van der Waals surface area contributed by atoms with Gasteiger partial charge in [-0.15, -0.1) is 0 Å². The van der Waals surface area contributed by atoms with E-state index in [1.54, 1.807) is 0 Å². The molecule has 0 unspecified atom stereocenters. The van der Waals surface area contributed by atoms with Crippen LogP contribution in [-0.4, -0.2) is 4.98 Å². The summed E-state index contributed by atoms with van der Waals surface area (Å²) in [7, 11) is 0. The van der Waals surface area contributed by atoms with Crippen molar-refractivity contribution in [1.82, 2.24) is 4.98 Å². The number of hydrogen-bond donors (Lipinski definition) is 1. The van der Waals surface area contributed by atoms with Gasteiger partial charge in [-0.05, 0) is 45.7 Å². The maximum Gasteiger partial charge on any atom is 0.0454 e. The Labute approximate surface area is 114 Å². The molecule has 0 aliphatic carbocycles. The quantitative estimate of drug-likeness (QED) is 0.615. The predicted molar refractivity (Wildman–Crippen MR) is 82.4 cm³/mol. The van der Waals surface area contributed by atoms with E-state index in [1.807, 2.05) is 6.20 Å². The van der Waals surface area contributed by atoms with Gasteiger partial charge in [0.1, 0.15) is 0 Å². The Morgan fingerprint density at radius 3 is 2.42 bits per heavy atom. The predicted octanol–water partition coefficient (Wildman–Crippen LogP) is 5.13. The summed E-state index contributed by atoms with van der Waals surface area (Å²) >= 11 is 0. The van der Waals surface area contributed by atoms with Gasteiger partial charge in [-0.1, -0.05) is 51.1 Å². The van der Waals surface area contributed by atoms with E-state index >= 15 is 0 Å². The number of aromatic amines is 1. The van der Waals surface area contributed by atoms with Gasteiger partial charge in [0.05, 0.1) is 0 Å². The Hall–Kier alpha value is -2.02. The second-order valence-electron chi connectivity index (χ2n) is 6.11. The highest BCUT2D eigenvalue weighted by atomic mass is 14.7. The van der Waals surface area contributed by atoms with E-state index in [0.29, 0.717) is 0 Å². The molecule has 0 amide bonds. The van der Waals surface area contributed by atoms with E-state index in [2.05, 4.69) is 74.3 Å². The highest BCUT2D eigenvalue weighted by Crippen LogP contribution is 2.29. The van der Waals surface area contributed by atoms with Gasteiger partial charge in [-0.3, -0.25) is 0 Å². The topological polar surface area (TPSA) is 15.8 Å². The molecule has 3 aromatic rings. The first kappa shape index (κ1) is 12.0. The molecule has 1 N–H and O–H groups in total. The Morgan fingerprint density at radius 2 is 1.63 bits per heavy atom. The lowest BCUT2D eigenvalue weighted by Crippen LogP contribution is -2.10. The van der Waals surface area contributed by atoms with Crippen molar-refractivity contribution >= 4 is 10.9 Å². The molecule has 0 bridgehead atoms. The fourth-order valence-electron chi connectivity index (χ4n) is 2.40. The average Bonchev–Trinajstić information content (AvgIpc) is 2.85. The van der Waals surface area contributed by atoms with Crippen molar-refractivity contribution in [1.29, 1.82) is 0 Å². The summed E-state index contributed by atoms with van der Waals surface area (Å²) in [5.41, 5.74) is 5.32. The zero-order chi connectivity index (χ0) is 13.5. The van der Waals surface area contributed by atoms with E-state index in [4.69, 9.17) is 0 Å². The molecule has 1 heterocycles. The molecule has 1 aromatic heterocycles. The van der Waals surface area contributed by atoms with Crippen LogP contribution >= 0.6 is 0 Å². The third kappa shape index (κ3) is 2.28. The Kier molecular flexibility index (Phi) is 2.70. The van der Waals surface area contributed by atoms with Crippen LogP contribution in [0.3, 0.4) is 0 Å². The SMILES string of the molecule is CC(C)(C)c1cccc(-c2ccc3[nH]ccc3c2)c1. The molecule has 0 spiro atoms. The standard InChI is InChI=1S/C18H19N/c1-18(2,3)16-6-4-5-13(12-16)14-7-8-17-15(11-14)9-10-19-17/h4-12,19H,1-3H3. The third-order valence-corrected chi connectivity index (χ3v) is 3.62. The monoisotopic (exact) mass is 249 g/mol. The van der Waals surface area contributed by atoms with E-state index in [0.717, 1.165) is 0 Å². The van der Waals surface area contributed by atoms with Gasteiger partial charge >= 0.3 is 0 Å². The lowest BCUT2D eigenvalue weighted by atomic mass is 9.85. The van der Waals surface area contributed by atoms with Crippen LogP contribution in [0.2, 0.25) is 0 Å². The minimum atomic E-state index is 0.189. The zero-order valence-corrected chi connectivity index (χ0v) is 11.7. The van der Waals surface area contributed by atoms with Crippen LogP contribution in [0.1, 0.15) is 26.3 Å². The van der Waals surface area contributed by atoms with Crippen LogP contribution < -0.4 is 0 Å². The summed E-state index contributed by atoms with van der Waals surface area (Å²) < 4.78 is 0. The van der Waals surface area contributed by atoms with Gasteiger partial charge in [0.25, 0.3) is 0 Å². The van der Waals surface area contributed by atoms with E-state index < -0.39 is 0 Å². The number of nitrogens with one attached hydrogen (secondary N) is 1. The van der Waals surface area contributed by atoms with Gasteiger partial charge in [-0.25, -0.2) is 0 Å². The number of H-pyrrole nitrogens is 1. The van der Waals surface area contributed by atoms with Crippen LogP contribution in [0, 0.1) is 0 Å². The van der Waals surface area contributed by atoms with E-state index in [9.17, 15) is 0 Å². The number of fused-ring (bicyclic) bond motifs is 1. The maximum absolute atomic E-state index is 3.23. The first-order valence-electron chi connectivity index (χ1n) is 6.72. The first-order chi connectivity index (χ1) is 9.04. The number of hydrogen-bond acceptors (Lipinski definition) is 0. The highest BCUT2D eigenvalue weighted by molar-refractivity contribution is 5.85. The van der Waals surface area contributed by atoms with Crippen LogP contribution in [0.25, 0.3) is 22.0 Å². The van der Waals surface area contributed by atoms with Crippen LogP contribution in [0.15, 0.2) is 54.7 Å². The van der Waals surface area contributed by atoms with Crippen LogP contribution in [0.5, 0.6) is 0 Å². The Morgan fingerprint density at radius 1 is 0.842 bits per heavy atom. The van der Waals surface area contributed by atoms with Gasteiger partial charge in [0.15, 0.2) is 0 Å². The van der Waals surface area contributed by atoms with Crippen molar-refractivity contribution in [3.05, 3.63) is 60.3 Å². The molecule has 96 valence electrons. The summed E-state index contributed by atoms with van der Waals surface area (Å²) in [5.74, 6) is 0. The highest BCUT2D eigenvalue weighted by Gasteiger charge is 2.13. The van der Waals surface area contributed by atoms with Crippen molar-refractivity contribution < 1.29 is 0 Å². The summed E-state index contributed by atoms with van der Waals surface area (Å²) in [5, 5.41) is 1.26. The molecule has 0 aliphatic heterocycles. The fourth-order valence-corrected chi connectivity index (χ4v) is 2.40. The summed E-state index contributed by atoms with van der Waals surface area (Å²) in [6.07, 6.45) is 1.99. The number of aromatic nitrogens is 1. The van der Waals surface area contributed by atoms with Crippen molar-refractivity contribution in [2.24, 2.45) is 0 Å². The van der Waals surface area contributed by atoms with Crippen molar-refractivity contribution in [2.45, 2.75) is 26.2 Å². The molecule has 1 heteroatoms. The zero-order valence-electron chi connectivity index (χ0n) is 11.7. The smallest absolute Gasteiger partial charge is 0.0454 e. The largest absolute Gasteiger partial charge is 0.361 e. The molecule has 0 aliphatic rings. The van der Waals surface area contributed by atoms with Crippen molar-refractivity contribution in [3.8, 4) is 11.1 Å². The summed E-state index contributed by atoms with van der Waals surface area (Å²) in [4.78, 5) is 3.23. The maximum atomic E-state index is 3.23. The van der Waals surface area contributed by atoms with Gasteiger partial charge in [0, 0.05) is 11.7 Å². The van der Waals surface area contributed by atoms with Crippen LogP contribution in [-0.2, 0) is 5.41 Å². The molecule has 0 atom stereocenters. The third-order valence-electron chi connectivity index (χ3n) is 3.62. The second kappa shape index (κ2) is 4.27. The molecular weight excluding hydrogens is 230 g/mol. The molecule has 0 radical (unpaired) electrons. The molecule has 1 nitrogen and oxygen atoms in total. The Bertz CT molecular complexity index is 714. The van der Waals surface area contributed by atoms with Crippen LogP contribution in [0.4, 0.5) is 0 Å². The lowest BCUT2D eigenvalue weighted by Gasteiger charge is -2.19. The average molecular weight is 249 g/mol. The molecule has 2 aromatic carbocycles. The fraction of sp³-hybridized carbons (Fsp3) is 0.222. The van der Waals surface area contributed by atoms with Crippen molar-refractivity contribution in [2.75, 3.05) is 0 Å². The summed E-state index contributed by atoms with van der Waals surface area (Å²) in [6.45, 7) is 6.75. The lowest BCUT2D eigenvalue weighted by molar-refractivity contribution is 0.590. The van der Waals surface area contributed by atoms with Gasteiger partial charge < -0.3 is 4.98 Å². The van der Waals surface area contributed by atoms with E-state index in [1.165, 1.54) is 27.6 Å². The number of benzene rings is 2. The molecule has 0 saturated heterocycles. The minimum absolute atomic E-state index is 0.189. The molecule has 19 heavy (non-hydrogen) atoms. The van der Waals surface area contributed by atoms with Gasteiger partial charge in [-0.2, -0.15) is 0 Å².